The van der Waals surface area contributed by atoms with Gasteiger partial charge in [-0.1, -0.05) is 19.4 Å². The van der Waals surface area contributed by atoms with Crippen LogP contribution in [0.3, 0.4) is 0 Å². The zero-order chi connectivity index (χ0) is 14.0. The number of rotatable bonds is 4. The Balaban J connectivity index is 2.05. The Morgan fingerprint density at radius 3 is 2.79 bits per heavy atom. The number of hydrogen-bond acceptors (Lipinski definition) is 2. The zero-order valence-corrected chi connectivity index (χ0v) is 10.9. The molecule has 1 heterocycles. The summed E-state index contributed by atoms with van der Waals surface area (Å²) in [4.78, 5) is 13.4. The minimum Gasteiger partial charge on any atom is -0.340 e. The number of amides is 1. The van der Waals surface area contributed by atoms with Gasteiger partial charge in [-0.15, -0.1) is 0 Å². The number of likely N-dealkylation sites (tertiary alicyclic amines) is 1. The van der Waals surface area contributed by atoms with Crippen LogP contribution >= 0.6 is 0 Å². The molecule has 1 amide bonds. The summed E-state index contributed by atoms with van der Waals surface area (Å²) in [5, 5.41) is 0. The summed E-state index contributed by atoms with van der Waals surface area (Å²) in [5.41, 5.74) is 6.16. The normalized spacial score (nSPS) is 20.9. The second-order valence-electron chi connectivity index (χ2n) is 5.05. The fraction of sp³-hybridized carbons (Fsp3) is 0.500. The quantitative estimate of drug-likeness (QED) is 0.910. The highest BCUT2D eigenvalue weighted by Crippen LogP contribution is 2.24. The molecule has 2 N–H and O–H groups in total. The Morgan fingerprint density at radius 2 is 2.21 bits per heavy atom. The van der Waals surface area contributed by atoms with Crippen molar-refractivity contribution in [2.24, 2.45) is 11.7 Å². The molecule has 0 aliphatic carbocycles. The molecule has 104 valence electrons. The molecule has 19 heavy (non-hydrogen) atoms. The van der Waals surface area contributed by atoms with Gasteiger partial charge in [0.05, 0.1) is 6.04 Å². The number of carbonyl (C=O) groups excluding carboxylic acids is 1. The van der Waals surface area contributed by atoms with Crippen molar-refractivity contribution in [1.82, 2.24) is 4.90 Å². The number of benzene rings is 1. The molecule has 1 saturated heterocycles. The third kappa shape index (κ3) is 3.10. The summed E-state index contributed by atoms with van der Waals surface area (Å²) in [6.07, 6.45) is 1.48. The molecule has 5 heteroatoms. The van der Waals surface area contributed by atoms with Crippen LogP contribution in [0.1, 0.15) is 31.4 Å². The minimum absolute atomic E-state index is 0.0600. The summed E-state index contributed by atoms with van der Waals surface area (Å²) in [7, 11) is 0. The average Bonchev–Trinajstić information content (AvgIpc) is 2.70. The maximum absolute atomic E-state index is 13.6. The molecule has 2 unspecified atom stereocenters. The highest BCUT2D eigenvalue weighted by molar-refractivity contribution is 5.78. The molecule has 1 fully saturated rings. The van der Waals surface area contributed by atoms with Gasteiger partial charge in [0, 0.05) is 31.1 Å². The number of hydrogen-bond donors (Lipinski definition) is 1. The first-order valence-corrected chi connectivity index (χ1v) is 6.49. The van der Waals surface area contributed by atoms with Crippen molar-refractivity contribution < 1.29 is 13.6 Å². The van der Waals surface area contributed by atoms with Gasteiger partial charge in [0.25, 0.3) is 0 Å². The van der Waals surface area contributed by atoms with Crippen molar-refractivity contribution in [2.45, 2.75) is 25.8 Å². The van der Waals surface area contributed by atoms with Crippen molar-refractivity contribution in [3.05, 3.63) is 35.4 Å². The van der Waals surface area contributed by atoms with Gasteiger partial charge in [-0.3, -0.25) is 4.79 Å². The lowest BCUT2D eigenvalue weighted by Crippen LogP contribution is -2.33. The van der Waals surface area contributed by atoms with E-state index in [4.69, 9.17) is 5.73 Å². The summed E-state index contributed by atoms with van der Waals surface area (Å²) >= 11 is 0. The van der Waals surface area contributed by atoms with E-state index >= 15 is 0 Å². The number of nitrogens with zero attached hydrogens (tertiary/aromatic N) is 1. The maximum atomic E-state index is 13.6. The van der Waals surface area contributed by atoms with Crippen LogP contribution in [0.4, 0.5) is 8.78 Å². The Morgan fingerprint density at radius 1 is 1.47 bits per heavy atom. The SMILES string of the molecule is CCC1CC(=O)N(CC(N)c2ccc(F)cc2F)C1. The van der Waals surface area contributed by atoms with Crippen LogP contribution < -0.4 is 5.73 Å². The Labute approximate surface area is 111 Å². The van der Waals surface area contributed by atoms with Crippen LogP contribution in [0.25, 0.3) is 0 Å². The highest BCUT2D eigenvalue weighted by atomic mass is 19.1. The van der Waals surface area contributed by atoms with Gasteiger partial charge in [-0.2, -0.15) is 0 Å². The lowest BCUT2D eigenvalue weighted by atomic mass is 10.1. The van der Waals surface area contributed by atoms with Gasteiger partial charge in [0.2, 0.25) is 5.91 Å². The molecule has 1 aliphatic rings. The van der Waals surface area contributed by atoms with Gasteiger partial charge in [0.15, 0.2) is 0 Å². The van der Waals surface area contributed by atoms with Crippen molar-refractivity contribution in [3.63, 3.8) is 0 Å². The molecule has 2 atom stereocenters. The van der Waals surface area contributed by atoms with E-state index in [1.165, 1.54) is 12.1 Å². The molecule has 2 rings (SSSR count). The Bertz CT molecular complexity index is 479. The van der Waals surface area contributed by atoms with Crippen molar-refractivity contribution in [2.75, 3.05) is 13.1 Å². The standard InChI is InChI=1S/C14H18F2N2O/c1-2-9-5-14(19)18(7-9)8-13(17)11-4-3-10(15)6-12(11)16/h3-4,6,9,13H,2,5,7-8,17H2,1H3. The first-order valence-electron chi connectivity index (χ1n) is 6.49. The maximum Gasteiger partial charge on any atom is 0.222 e. The van der Waals surface area contributed by atoms with E-state index in [2.05, 4.69) is 0 Å². The monoisotopic (exact) mass is 268 g/mol. The summed E-state index contributed by atoms with van der Waals surface area (Å²) < 4.78 is 26.4. The van der Waals surface area contributed by atoms with E-state index in [9.17, 15) is 13.6 Å². The topological polar surface area (TPSA) is 46.3 Å². The van der Waals surface area contributed by atoms with Crippen LogP contribution in [0, 0.1) is 17.6 Å². The molecule has 3 nitrogen and oxygen atoms in total. The third-order valence-electron chi connectivity index (χ3n) is 3.65. The van der Waals surface area contributed by atoms with E-state index in [1.807, 2.05) is 6.92 Å². The molecule has 0 spiro atoms. The second-order valence-corrected chi connectivity index (χ2v) is 5.05. The van der Waals surface area contributed by atoms with E-state index < -0.39 is 17.7 Å². The molecule has 0 aromatic heterocycles. The molecule has 0 saturated carbocycles. The van der Waals surface area contributed by atoms with Gasteiger partial charge in [-0.25, -0.2) is 8.78 Å². The lowest BCUT2D eigenvalue weighted by Gasteiger charge is -2.22. The summed E-state index contributed by atoms with van der Waals surface area (Å²) in [6.45, 7) is 2.99. The minimum atomic E-state index is -0.661. The molecule has 1 aliphatic heterocycles. The fourth-order valence-corrected chi connectivity index (χ4v) is 2.44. The Kier molecular flexibility index (Phi) is 4.14. The Hall–Kier alpha value is -1.49. The van der Waals surface area contributed by atoms with Gasteiger partial charge >= 0.3 is 0 Å². The third-order valence-corrected chi connectivity index (χ3v) is 3.65. The molecular weight excluding hydrogens is 250 g/mol. The van der Waals surface area contributed by atoms with Gasteiger partial charge in [0.1, 0.15) is 11.6 Å². The van der Waals surface area contributed by atoms with Gasteiger partial charge in [-0.05, 0) is 12.0 Å². The predicted octanol–water partition coefficient (Wildman–Crippen LogP) is 2.22. The van der Waals surface area contributed by atoms with Crippen molar-refractivity contribution in [1.29, 1.82) is 0 Å². The van der Waals surface area contributed by atoms with Crippen LogP contribution in [-0.4, -0.2) is 23.9 Å². The highest BCUT2D eigenvalue weighted by Gasteiger charge is 2.29. The predicted molar refractivity (Wildman–Crippen MR) is 68.3 cm³/mol. The second kappa shape index (κ2) is 5.65. The van der Waals surface area contributed by atoms with Crippen LogP contribution in [0.5, 0.6) is 0 Å². The summed E-state index contributed by atoms with van der Waals surface area (Å²) in [5.74, 6) is -0.870. The molecule has 0 radical (unpaired) electrons. The first kappa shape index (κ1) is 13.9. The van der Waals surface area contributed by atoms with Crippen molar-refractivity contribution >= 4 is 5.91 Å². The fourth-order valence-electron chi connectivity index (χ4n) is 2.44. The first-order chi connectivity index (χ1) is 9.01. The van der Waals surface area contributed by atoms with Crippen molar-refractivity contribution in [3.8, 4) is 0 Å². The molecule has 0 bridgehead atoms. The molecular formula is C14H18F2N2O. The number of carbonyl (C=O) groups is 1. The molecule has 1 aromatic rings. The van der Waals surface area contributed by atoms with Crippen LogP contribution in [0.2, 0.25) is 0 Å². The van der Waals surface area contributed by atoms with E-state index in [0.717, 1.165) is 12.5 Å². The number of halogens is 2. The van der Waals surface area contributed by atoms with Crippen LogP contribution in [0.15, 0.2) is 18.2 Å². The summed E-state index contributed by atoms with van der Waals surface area (Å²) in [6, 6.07) is 2.71. The molecule has 1 aromatic carbocycles. The zero-order valence-electron chi connectivity index (χ0n) is 10.9. The lowest BCUT2D eigenvalue weighted by molar-refractivity contribution is -0.127. The van der Waals surface area contributed by atoms with E-state index in [-0.39, 0.29) is 18.0 Å². The largest absolute Gasteiger partial charge is 0.340 e. The van der Waals surface area contributed by atoms with E-state index in [1.54, 1.807) is 4.90 Å². The number of nitrogens with two attached hydrogens (primary N) is 1. The smallest absolute Gasteiger partial charge is 0.222 e. The van der Waals surface area contributed by atoms with Gasteiger partial charge < -0.3 is 10.6 Å². The van der Waals surface area contributed by atoms with E-state index in [0.29, 0.717) is 18.9 Å². The average molecular weight is 268 g/mol. The van der Waals surface area contributed by atoms with Crippen LogP contribution in [-0.2, 0) is 4.79 Å².